The number of thiophene rings is 1. The minimum atomic E-state index is 0. The Hall–Kier alpha value is -0.660. The first-order valence-electron chi connectivity index (χ1n) is 6.70. The second kappa shape index (κ2) is 8.26. The van der Waals surface area contributed by atoms with Crippen molar-refractivity contribution in [2.45, 2.75) is 19.9 Å². The highest BCUT2D eigenvalue weighted by Crippen LogP contribution is 2.32. The number of aryl methyl sites for hydroxylation is 1. The van der Waals surface area contributed by atoms with Gasteiger partial charge in [0, 0.05) is 25.7 Å². The van der Waals surface area contributed by atoms with Crippen molar-refractivity contribution in [3.8, 4) is 9.88 Å². The molecular formula is C14H19Cl2N3OS2. The number of piperazine rings is 1. The third-order valence-electron chi connectivity index (χ3n) is 3.48. The number of nitrogens with one attached hydrogen (secondary N) is 1. The van der Waals surface area contributed by atoms with E-state index in [4.69, 9.17) is 0 Å². The fourth-order valence-corrected chi connectivity index (χ4v) is 4.19. The van der Waals surface area contributed by atoms with Crippen LogP contribution in [0.15, 0.2) is 17.5 Å². The Morgan fingerprint density at radius 2 is 2.23 bits per heavy atom. The zero-order valence-corrected chi connectivity index (χ0v) is 15.6. The first-order valence-corrected chi connectivity index (χ1v) is 8.39. The molecule has 0 aromatic carbocycles. The van der Waals surface area contributed by atoms with Crippen molar-refractivity contribution < 1.29 is 4.79 Å². The third-order valence-corrected chi connectivity index (χ3v) is 5.67. The van der Waals surface area contributed by atoms with E-state index in [9.17, 15) is 4.79 Å². The van der Waals surface area contributed by atoms with Crippen LogP contribution >= 0.6 is 47.5 Å². The molecule has 1 aliphatic rings. The lowest BCUT2D eigenvalue weighted by atomic mass is 10.2. The van der Waals surface area contributed by atoms with Gasteiger partial charge in [0.25, 0.3) is 5.91 Å². The van der Waals surface area contributed by atoms with Crippen LogP contribution in [-0.4, -0.2) is 41.5 Å². The second-order valence-electron chi connectivity index (χ2n) is 4.96. The van der Waals surface area contributed by atoms with Gasteiger partial charge in [-0.15, -0.1) is 47.5 Å². The van der Waals surface area contributed by atoms with E-state index in [1.54, 1.807) is 11.3 Å². The predicted molar refractivity (Wildman–Crippen MR) is 98.0 cm³/mol. The van der Waals surface area contributed by atoms with Gasteiger partial charge in [0.05, 0.1) is 10.6 Å². The van der Waals surface area contributed by atoms with Gasteiger partial charge in [0.15, 0.2) is 0 Å². The molecule has 4 nitrogen and oxygen atoms in total. The molecule has 0 aliphatic carbocycles. The van der Waals surface area contributed by atoms with Crippen molar-refractivity contribution in [3.63, 3.8) is 0 Å². The average molecular weight is 380 g/mol. The highest BCUT2D eigenvalue weighted by atomic mass is 35.5. The first kappa shape index (κ1) is 19.4. The van der Waals surface area contributed by atoms with E-state index in [-0.39, 0.29) is 36.8 Å². The summed E-state index contributed by atoms with van der Waals surface area (Å²) in [6.07, 6.45) is 0. The molecule has 1 N–H and O–H groups in total. The van der Waals surface area contributed by atoms with E-state index in [0.717, 1.165) is 40.1 Å². The van der Waals surface area contributed by atoms with Gasteiger partial charge >= 0.3 is 0 Å². The number of hydrogen-bond donors (Lipinski definition) is 1. The molecule has 1 amide bonds. The Balaban J connectivity index is 0.00000121. The molecule has 3 rings (SSSR count). The van der Waals surface area contributed by atoms with Crippen molar-refractivity contribution in [1.82, 2.24) is 15.2 Å². The molecule has 1 fully saturated rings. The van der Waals surface area contributed by atoms with Crippen molar-refractivity contribution >= 4 is 53.4 Å². The summed E-state index contributed by atoms with van der Waals surface area (Å²) < 4.78 is 0. The molecule has 3 heterocycles. The summed E-state index contributed by atoms with van der Waals surface area (Å²) in [5.74, 6) is 0.122. The first-order chi connectivity index (χ1) is 9.66. The second-order valence-corrected chi connectivity index (χ2v) is 6.91. The minimum absolute atomic E-state index is 0. The van der Waals surface area contributed by atoms with Crippen molar-refractivity contribution in [2.24, 2.45) is 0 Å². The Kier molecular flexibility index (Phi) is 7.28. The number of aromatic nitrogens is 1. The smallest absolute Gasteiger partial charge is 0.266 e. The topological polar surface area (TPSA) is 45.2 Å². The van der Waals surface area contributed by atoms with Gasteiger partial charge in [-0.25, -0.2) is 4.98 Å². The Morgan fingerprint density at radius 3 is 2.86 bits per heavy atom. The number of carbonyl (C=O) groups is 1. The van der Waals surface area contributed by atoms with E-state index in [2.05, 4.69) is 17.2 Å². The van der Waals surface area contributed by atoms with Crippen LogP contribution in [0.25, 0.3) is 9.88 Å². The zero-order chi connectivity index (χ0) is 14.1. The standard InChI is InChI=1S/C14H17N3OS2.2ClH/c1-9-8-15-5-6-17(9)14(18)12-10(2)16-13(20-12)11-4-3-7-19-11;;/h3-4,7,9,15H,5-6,8H2,1-2H3;2*1H/t9-;;/m0../s1. The van der Waals surface area contributed by atoms with Crippen molar-refractivity contribution in [2.75, 3.05) is 19.6 Å². The van der Waals surface area contributed by atoms with Crippen LogP contribution < -0.4 is 5.32 Å². The Morgan fingerprint density at radius 1 is 1.45 bits per heavy atom. The third kappa shape index (κ3) is 3.81. The normalized spacial score (nSPS) is 17.5. The van der Waals surface area contributed by atoms with Crippen LogP contribution in [0.1, 0.15) is 22.3 Å². The average Bonchev–Trinajstić information content (AvgIpc) is 3.07. The molecule has 122 valence electrons. The summed E-state index contributed by atoms with van der Waals surface area (Å²) in [4.78, 5) is 21.1. The summed E-state index contributed by atoms with van der Waals surface area (Å²) in [6, 6.07) is 4.30. The molecule has 0 radical (unpaired) electrons. The van der Waals surface area contributed by atoms with Gasteiger partial charge in [0.2, 0.25) is 0 Å². The fourth-order valence-electron chi connectivity index (χ4n) is 2.37. The SMILES string of the molecule is Cc1nc(-c2cccs2)sc1C(=O)N1CCNC[C@@H]1C.Cl.Cl. The maximum atomic E-state index is 12.7. The van der Waals surface area contributed by atoms with Crippen LogP contribution in [-0.2, 0) is 0 Å². The molecular weight excluding hydrogens is 361 g/mol. The summed E-state index contributed by atoms with van der Waals surface area (Å²) in [6.45, 7) is 6.51. The van der Waals surface area contributed by atoms with E-state index in [0.29, 0.717) is 0 Å². The zero-order valence-electron chi connectivity index (χ0n) is 12.4. The molecule has 1 aliphatic heterocycles. The van der Waals surface area contributed by atoms with Crippen molar-refractivity contribution in [1.29, 1.82) is 0 Å². The summed E-state index contributed by atoms with van der Waals surface area (Å²) in [7, 11) is 0. The molecule has 0 spiro atoms. The summed E-state index contributed by atoms with van der Waals surface area (Å²) in [5.41, 5.74) is 0.842. The molecule has 1 atom stereocenters. The van der Waals surface area contributed by atoms with E-state index in [1.165, 1.54) is 11.3 Å². The number of rotatable bonds is 2. The van der Waals surface area contributed by atoms with Gasteiger partial charge in [0.1, 0.15) is 9.88 Å². The van der Waals surface area contributed by atoms with Crippen molar-refractivity contribution in [3.05, 3.63) is 28.1 Å². The highest BCUT2D eigenvalue weighted by Gasteiger charge is 2.27. The Labute approximate surface area is 150 Å². The van der Waals surface area contributed by atoms with Crippen LogP contribution in [0.4, 0.5) is 0 Å². The molecule has 0 unspecified atom stereocenters. The monoisotopic (exact) mass is 379 g/mol. The molecule has 22 heavy (non-hydrogen) atoms. The van der Waals surface area contributed by atoms with E-state index < -0.39 is 0 Å². The number of halogens is 2. The Bertz CT molecular complexity index is 616. The maximum Gasteiger partial charge on any atom is 0.266 e. The van der Waals surface area contributed by atoms with E-state index >= 15 is 0 Å². The lowest BCUT2D eigenvalue weighted by Crippen LogP contribution is -2.52. The van der Waals surface area contributed by atoms with Gasteiger partial charge in [-0.3, -0.25) is 4.79 Å². The molecule has 0 saturated carbocycles. The van der Waals surface area contributed by atoms with Crippen LogP contribution in [0.3, 0.4) is 0 Å². The number of carbonyl (C=O) groups excluding carboxylic acids is 1. The number of amides is 1. The molecule has 2 aromatic rings. The number of hydrogen-bond acceptors (Lipinski definition) is 5. The van der Waals surface area contributed by atoms with Gasteiger partial charge in [-0.1, -0.05) is 6.07 Å². The molecule has 0 bridgehead atoms. The fraction of sp³-hybridized carbons (Fsp3) is 0.429. The van der Waals surface area contributed by atoms with Gasteiger partial charge in [-0.05, 0) is 25.3 Å². The molecule has 1 saturated heterocycles. The lowest BCUT2D eigenvalue weighted by Gasteiger charge is -2.33. The van der Waals surface area contributed by atoms with E-state index in [1.807, 2.05) is 29.3 Å². The van der Waals surface area contributed by atoms with Gasteiger partial charge in [-0.2, -0.15) is 0 Å². The predicted octanol–water partition coefficient (Wildman–Crippen LogP) is 3.46. The summed E-state index contributed by atoms with van der Waals surface area (Å²) >= 11 is 3.17. The summed E-state index contributed by atoms with van der Waals surface area (Å²) in [5, 5.41) is 6.29. The maximum absolute atomic E-state index is 12.7. The van der Waals surface area contributed by atoms with Crippen LogP contribution in [0.2, 0.25) is 0 Å². The molecule has 8 heteroatoms. The van der Waals surface area contributed by atoms with Crippen LogP contribution in [0.5, 0.6) is 0 Å². The molecule has 2 aromatic heterocycles. The largest absolute Gasteiger partial charge is 0.333 e. The quantitative estimate of drug-likeness (QED) is 0.868. The lowest BCUT2D eigenvalue weighted by molar-refractivity contribution is 0.0660. The highest BCUT2D eigenvalue weighted by molar-refractivity contribution is 7.22. The number of thiazole rings is 1. The number of nitrogens with zero attached hydrogens (tertiary/aromatic N) is 2. The van der Waals surface area contributed by atoms with Crippen LogP contribution in [0, 0.1) is 6.92 Å². The van der Waals surface area contributed by atoms with Gasteiger partial charge < -0.3 is 10.2 Å². The minimum Gasteiger partial charge on any atom is -0.333 e.